The molecule has 1 aliphatic heterocycles. The number of β-amino-alcohol motifs (C(OH)–C–C–N with tert-alkyl or cyclic N) is 1. The van der Waals surface area contributed by atoms with Crippen LogP contribution in [0.25, 0.3) is 0 Å². The van der Waals surface area contributed by atoms with Crippen LogP contribution in [-0.2, 0) is 11.2 Å². The predicted octanol–water partition coefficient (Wildman–Crippen LogP) is 2.22. The first kappa shape index (κ1) is 15.3. The Labute approximate surface area is 123 Å². The molecule has 0 bridgehead atoms. The van der Waals surface area contributed by atoms with Gasteiger partial charge in [-0.25, -0.2) is 9.78 Å². The smallest absolute Gasteiger partial charge is 0.410 e. The Balaban J connectivity index is 1.93. The summed E-state index contributed by atoms with van der Waals surface area (Å²) in [5.41, 5.74) is 0.494. The Hall–Kier alpha value is -1.14. The number of likely N-dealkylation sites (tertiary alicyclic amines) is 1. The molecule has 0 spiro atoms. The molecule has 0 aliphatic carbocycles. The summed E-state index contributed by atoms with van der Waals surface area (Å²) in [6, 6.07) is 0. The van der Waals surface area contributed by atoms with Gasteiger partial charge in [0.15, 0.2) is 0 Å². The van der Waals surface area contributed by atoms with Crippen molar-refractivity contribution >= 4 is 17.4 Å². The van der Waals surface area contributed by atoms with Crippen LogP contribution in [0.4, 0.5) is 4.79 Å². The first-order chi connectivity index (χ1) is 9.24. The summed E-state index contributed by atoms with van der Waals surface area (Å²) in [5, 5.41) is 13.1. The zero-order valence-corrected chi connectivity index (χ0v) is 13.2. The number of carbonyl (C=O) groups excluding carboxylic acids is 1. The molecule has 0 radical (unpaired) electrons. The number of nitrogens with zero attached hydrogens (tertiary/aromatic N) is 2. The third kappa shape index (κ3) is 3.93. The molecule has 2 unspecified atom stereocenters. The average molecular weight is 298 g/mol. The lowest BCUT2D eigenvalue weighted by Gasteiger charge is -2.24. The number of amides is 1. The van der Waals surface area contributed by atoms with Gasteiger partial charge in [-0.1, -0.05) is 0 Å². The van der Waals surface area contributed by atoms with E-state index in [9.17, 15) is 9.90 Å². The topological polar surface area (TPSA) is 62.7 Å². The maximum absolute atomic E-state index is 12.0. The van der Waals surface area contributed by atoms with E-state index in [0.29, 0.717) is 19.5 Å². The van der Waals surface area contributed by atoms with Crippen molar-refractivity contribution in [3.8, 4) is 0 Å². The molecule has 0 aromatic carbocycles. The molecule has 0 saturated carbocycles. The van der Waals surface area contributed by atoms with Gasteiger partial charge in [0.05, 0.1) is 17.7 Å². The molecule has 2 atom stereocenters. The Morgan fingerprint density at radius 2 is 2.25 bits per heavy atom. The van der Waals surface area contributed by atoms with Crippen LogP contribution in [-0.4, -0.2) is 45.9 Å². The summed E-state index contributed by atoms with van der Waals surface area (Å²) in [7, 11) is 0. The lowest BCUT2D eigenvalue weighted by Crippen LogP contribution is -2.35. The Kier molecular flexibility index (Phi) is 4.34. The Morgan fingerprint density at radius 3 is 2.80 bits per heavy atom. The second-order valence-corrected chi connectivity index (χ2v) is 7.24. The molecule has 1 aromatic rings. The number of aliphatic hydroxyl groups is 1. The lowest BCUT2D eigenvalue weighted by molar-refractivity contribution is 0.0269. The molecule has 2 rings (SSSR count). The third-order valence-corrected chi connectivity index (χ3v) is 4.15. The second-order valence-electron chi connectivity index (χ2n) is 6.30. The van der Waals surface area contributed by atoms with Crippen LogP contribution >= 0.6 is 11.3 Å². The van der Waals surface area contributed by atoms with Crippen molar-refractivity contribution in [3.63, 3.8) is 0 Å². The largest absolute Gasteiger partial charge is 0.444 e. The summed E-state index contributed by atoms with van der Waals surface area (Å²) in [6.07, 6.45) is -0.153. The molecular weight excluding hydrogens is 276 g/mol. The Bertz CT molecular complexity index is 481. The molecule has 1 aliphatic rings. The summed E-state index contributed by atoms with van der Waals surface area (Å²) in [4.78, 5) is 18.0. The van der Waals surface area contributed by atoms with Crippen LogP contribution in [0.3, 0.4) is 0 Å². The fourth-order valence-electron chi connectivity index (χ4n) is 2.25. The first-order valence-electron chi connectivity index (χ1n) is 6.81. The molecule has 1 aromatic heterocycles. The fourth-order valence-corrected chi connectivity index (χ4v) is 3.12. The number of thiazole rings is 1. The molecule has 5 nitrogen and oxygen atoms in total. The number of aliphatic hydroxyl groups excluding tert-OH is 1. The van der Waals surface area contributed by atoms with E-state index in [0.717, 1.165) is 10.7 Å². The molecule has 1 N–H and O–H groups in total. The quantitative estimate of drug-likeness (QED) is 0.909. The number of aryl methyl sites for hydroxylation is 1. The maximum Gasteiger partial charge on any atom is 0.410 e. The van der Waals surface area contributed by atoms with E-state index in [-0.39, 0.29) is 12.0 Å². The number of hydrogen-bond donors (Lipinski definition) is 1. The molecule has 1 fully saturated rings. The highest BCUT2D eigenvalue weighted by Gasteiger charge is 2.36. The summed E-state index contributed by atoms with van der Waals surface area (Å²) in [5.74, 6) is 0.0352. The summed E-state index contributed by atoms with van der Waals surface area (Å²) >= 11 is 1.60. The van der Waals surface area contributed by atoms with Gasteiger partial charge in [0.2, 0.25) is 0 Å². The van der Waals surface area contributed by atoms with E-state index in [4.69, 9.17) is 4.74 Å². The van der Waals surface area contributed by atoms with Crippen molar-refractivity contribution in [3.05, 3.63) is 16.1 Å². The van der Waals surface area contributed by atoms with Crippen LogP contribution in [0.1, 0.15) is 31.5 Å². The Morgan fingerprint density at radius 1 is 1.55 bits per heavy atom. The van der Waals surface area contributed by atoms with E-state index in [2.05, 4.69) is 4.98 Å². The molecular formula is C14H22N2O3S. The number of rotatable bonds is 2. The van der Waals surface area contributed by atoms with Gasteiger partial charge in [0.25, 0.3) is 0 Å². The van der Waals surface area contributed by atoms with E-state index < -0.39 is 11.7 Å². The van der Waals surface area contributed by atoms with E-state index >= 15 is 0 Å². The van der Waals surface area contributed by atoms with Crippen molar-refractivity contribution in [1.29, 1.82) is 0 Å². The molecule has 1 amide bonds. The van der Waals surface area contributed by atoms with Crippen LogP contribution in [0.15, 0.2) is 5.38 Å². The first-order valence-corrected chi connectivity index (χ1v) is 7.69. The zero-order valence-electron chi connectivity index (χ0n) is 12.4. The minimum atomic E-state index is -0.508. The van der Waals surface area contributed by atoms with Crippen molar-refractivity contribution < 1.29 is 14.6 Å². The highest BCUT2D eigenvalue weighted by molar-refractivity contribution is 7.09. The molecule has 6 heteroatoms. The fraction of sp³-hybridized carbons (Fsp3) is 0.714. The summed E-state index contributed by atoms with van der Waals surface area (Å²) in [6.45, 7) is 8.34. The van der Waals surface area contributed by atoms with Crippen LogP contribution in [0, 0.1) is 12.8 Å². The predicted molar refractivity (Wildman–Crippen MR) is 77.9 cm³/mol. The van der Waals surface area contributed by atoms with Gasteiger partial charge in [-0.3, -0.25) is 0 Å². The van der Waals surface area contributed by atoms with Crippen molar-refractivity contribution in [2.24, 2.45) is 5.92 Å². The number of ether oxygens (including phenoxy) is 1. The highest BCUT2D eigenvalue weighted by atomic mass is 32.1. The maximum atomic E-state index is 12.0. The van der Waals surface area contributed by atoms with Crippen molar-refractivity contribution in [2.75, 3.05) is 13.1 Å². The molecule has 2 heterocycles. The lowest BCUT2D eigenvalue weighted by atomic mass is 10.0. The standard InChI is InChI=1S/C14H22N2O3S/c1-9-8-20-12(15-9)5-10-6-16(7-11(10)17)13(18)19-14(2,3)4/h8,10-11,17H,5-7H2,1-4H3. The van der Waals surface area contributed by atoms with E-state index in [1.165, 1.54) is 0 Å². The number of hydrogen-bond acceptors (Lipinski definition) is 5. The SMILES string of the molecule is Cc1csc(CC2CN(C(=O)OC(C)(C)C)CC2O)n1. The number of carbonyl (C=O) groups is 1. The normalized spacial score (nSPS) is 23.1. The van der Waals surface area contributed by atoms with Crippen molar-refractivity contribution in [2.45, 2.75) is 45.8 Å². The zero-order chi connectivity index (χ0) is 14.9. The van der Waals surface area contributed by atoms with Gasteiger partial charge in [-0.2, -0.15) is 0 Å². The average Bonchev–Trinajstić information content (AvgIpc) is 2.85. The molecule has 112 valence electrons. The number of aromatic nitrogens is 1. The van der Waals surface area contributed by atoms with Gasteiger partial charge in [-0.15, -0.1) is 11.3 Å². The van der Waals surface area contributed by atoms with Crippen LogP contribution in [0.2, 0.25) is 0 Å². The molecule has 1 saturated heterocycles. The summed E-state index contributed by atoms with van der Waals surface area (Å²) < 4.78 is 5.34. The van der Waals surface area contributed by atoms with Crippen LogP contribution < -0.4 is 0 Å². The van der Waals surface area contributed by atoms with Crippen LogP contribution in [0.5, 0.6) is 0 Å². The van der Waals surface area contributed by atoms with E-state index in [1.807, 2.05) is 33.1 Å². The monoisotopic (exact) mass is 298 g/mol. The highest BCUT2D eigenvalue weighted by Crippen LogP contribution is 2.24. The van der Waals surface area contributed by atoms with Gasteiger partial charge in [0, 0.05) is 30.0 Å². The van der Waals surface area contributed by atoms with Crippen molar-refractivity contribution in [1.82, 2.24) is 9.88 Å². The van der Waals surface area contributed by atoms with E-state index in [1.54, 1.807) is 16.2 Å². The van der Waals surface area contributed by atoms with Gasteiger partial charge in [-0.05, 0) is 27.7 Å². The minimum Gasteiger partial charge on any atom is -0.444 e. The van der Waals surface area contributed by atoms with Gasteiger partial charge >= 0.3 is 6.09 Å². The minimum absolute atomic E-state index is 0.0352. The van der Waals surface area contributed by atoms with Gasteiger partial charge in [0.1, 0.15) is 5.60 Å². The third-order valence-electron chi connectivity index (χ3n) is 3.16. The van der Waals surface area contributed by atoms with Gasteiger partial charge < -0.3 is 14.7 Å². The molecule has 20 heavy (non-hydrogen) atoms. The second kappa shape index (κ2) is 5.69.